The van der Waals surface area contributed by atoms with Crippen LogP contribution in [0.4, 0.5) is 0 Å². The Labute approximate surface area is 162 Å². The van der Waals surface area contributed by atoms with Crippen molar-refractivity contribution in [2.75, 3.05) is 0 Å². The molecule has 0 unspecified atom stereocenters. The molecule has 0 aliphatic rings. The van der Waals surface area contributed by atoms with Gasteiger partial charge in [-0.25, -0.2) is 0 Å². The van der Waals surface area contributed by atoms with E-state index in [0.29, 0.717) is 0 Å². The molecule has 22 heteroatoms. The molecule has 0 heterocycles. The zero-order valence-corrected chi connectivity index (χ0v) is 17.3. The Kier molecular flexibility index (Phi) is 27.7. The van der Waals surface area contributed by atoms with Crippen LogP contribution in [-0.4, -0.2) is 70.1 Å². The van der Waals surface area contributed by atoms with Crippen LogP contribution in [0.1, 0.15) is 0 Å². The first-order chi connectivity index (χ1) is 8.00. The second-order valence-electron chi connectivity index (χ2n) is 1.63. The van der Waals surface area contributed by atoms with Crippen molar-refractivity contribution in [3.63, 3.8) is 0 Å². The average molecular weight is 567 g/mol. The van der Waals surface area contributed by atoms with E-state index in [1.807, 2.05) is 0 Å². The standard InChI is InChI=1S/4H2O4S.2Zr/c4*1-5(2,3)4;;/h4*(H2,1,2,3,4);;/q;;;;2*+4/p-8. The van der Waals surface area contributed by atoms with Gasteiger partial charge in [-0.05, 0) is 0 Å². The van der Waals surface area contributed by atoms with Gasteiger partial charge in [-0.2, -0.15) is 0 Å². The van der Waals surface area contributed by atoms with Crippen LogP contribution < -0.4 is 0 Å². The minimum absolute atomic E-state index is 0. The average Bonchev–Trinajstić information content (AvgIpc) is 1.62. The van der Waals surface area contributed by atoms with E-state index in [0.717, 1.165) is 0 Å². The molecular formula is O16S4Zr2. The molecule has 0 amide bonds. The molecule has 0 fully saturated rings. The summed E-state index contributed by atoms with van der Waals surface area (Å²) in [6.07, 6.45) is 0. The molecule has 0 aromatic heterocycles. The van der Waals surface area contributed by atoms with Gasteiger partial charge in [0.25, 0.3) is 0 Å². The van der Waals surface area contributed by atoms with Crippen LogP contribution in [0.3, 0.4) is 0 Å². The number of hydrogen-bond acceptors (Lipinski definition) is 16. The summed E-state index contributed by atoms with van der Waals surface area (Å²) in [6.45, 7) is 0. The van der Waals surface area contributed by atoms with Crippen LogP contribution in [0.5, 0.6) is 0 Å². The third kappa shape index (κ3) is 5610. The van der Waals surface area contributed by atoms with Crippen LogP contribution in [0.25, 0.3) is 0 Å². The second kappa shape index (κ2) is 15.8. The van der Waals surface area contributed by atoms with Gasteiger partial charge in [0, 0.05) is 41.6 Å². The Balaban J connectivity index is -0.0000000376. The fourth-order valence-electron chi connectivity index (χ4n) is 0. The second-order valence-corrected chi connectivity index (χ2v) is 4.90. The van der Waals surface area contributed by atoms with Crippen molar-refractivity contribution < 1.29 is 123 Å². The number of rotatable bonds is 0. The fraction of sp³-hybridized carbons (Fsp3) is 0. The largest absolute Gasteiger partial charge is 4.00 e. The van der Waals surface area contributed by atoms with E-state index in [4.69, 9.17) is 70.1 Å². The van der Waals surface area contributed by atoms with Crippen LogP contribution in [-0.2, 0) is 94.0 Å². The van der Waals surface area contributed by atoms with Gasteiger partial charge >= 0.3 is 52.4 Å². The van der Waals surface area contributed by atoms with Gasteiger partial charge in [0.05, 0.1) is 0 Å². The van der Waals surface area contributed by atoms with Gasteiger partial charge < -0.3 is 36.4 Å². The van der Waals surface area contributed by atoms with Crippen molar-refractivity contribution in [1.29, 1.82) is 0 Å². The molecule has 0 N–H and O–H groups in total. The first-order valence-corrected chi connectivity index (χ1v) is 8.00. The van der Waals surface area contributed by atoms with Gasteiger partial charge in [0.1, 0.15) is 0 Å². The molecule has 0 rings (SSSR count). The molecule has 0 spiro atoms. The summed E-state index contributed by atoms with van der Waals surface area (Å²) in [4.78, 5) is 0. The van der Waals surface area contributed by atoms with Crippen molar-refractivity contribution in [2.24, 2.45) is 0 Å². The van der Waals surface area contributed by atoms with E-state index in [9.17, 15) is 0 Å². The first kappa shape index (κ1) is 38.7. The Morgan fingerprint density at radius 2 is 0.318 bits per heavy atom. The molecule has 0 radical (unpaired) electrons. The van der Waals surface area contributed by atoms with Gasteiger partial charge in [-0.15, -0.1) is 0 Å². The normalized spacial score (nSPS) is 10.5. The minimum Gasteiger partial charge on any atom is -0.759 e. The van der Waals surface area contributed by atoms with E-state index in [1.165, 1.54) is 0 Å². The van der Waals surface area contributed by atoms with Crippen LogP contribution in [0.2, 0.25) is 0 Å². The first-order valence-electron chi connectivity index (χ1n) is 2.67. The maximum Gasteiger partial charge on any atom is 4.00 e. The molecule has 128 valence electrons. The van der Waals surface area contributed by atoms with Gasteiger partial charge in [-0.1, -0.05) is 0 Å². The zero-order chi connectivity index (χ0) is 18.0. The predicted octanol–water partition coefficient (Wildman–Crippen LogP) is -5.36. The van der Waals surface area contributed by atoms with E-state index >= 15 is 0 Å². The Morgan fingerprint density at radius 1 is 0.318 bits per heavy atom. The molecular weight excluding hydrogens is 567 g/mol. The molecule has 0 aliphatic heterocycles. The quantitative estimate of drug-likeness (QED) is 0.195. The molecule has 0 saturated heterocycles. The molecule has 0 bridgehead atoms. The fourth-order valence-corrected chi connectivity index (χ4v) is 0. The van der Waals surface area contributed by atoms with E-state index in [-0.39, 0.29) is 52.4 Å². The summed E-state index contributed by atoms with van der Waals surface area (Å²) in [7, 11) is -20.7. The molecule has 0 aromatic carbocycles. The van der Waals surface area contributed by atoms with E-state index in [2.05, 4.69) is 0 Å². The summed E-state index contributed by atoms with van der Waals surface area (Å²) >= 11 is 0. The van der Waals surface area contributed by atoms with Crippen LogP contribution in [0, 0.1) is 0 Å². The summed E-state index contributed by atoms with van der Waals surface area (Å²) in [5, 5.41) is 0. The SMILES string of the molecule is O=S(=O)([O-])[O-].O=S(=O)([O-])[O-].O=S(=O)([O-])[O-].O=S(=O)([O-])[O-].[Zr+4].[Zr+4]. The van der Waals surface area contributed by atoms with Crippen LogP contribution >= 0.6 is 0 Å². The van der Waals surface area contributed by atoms with Crippen molar-refractivity contribution in [3.05, 3.63) is 0 Å². The third-order valence-electron chi connectivity index (χ3n) is 0. The smallest absolute Gasteiger partial charge is 0.759 e. The zero-order valence-electron chi connectivity index (χ0n) is 9.16. The maximum absolute atomic E-state index is 8.52. The van der Waals surface area contributed by atoms with Crippen molar-refractivity contribution >= 4 is 41.6 Å². The molecule has 0 atom stereocenters. The minimum atomic E-state index is -5.17. The topological polar surface area (TPSA) is 321 Å². The van der Waals surface area contributed by atoms with Gasteiger partial charge in [0.2, 0.25) is 0 Å². The molecule has 16 nitrogen and oxygen atoms in total. The molecule has 0 aromatic rings. The van der Waals surface area contributed by atoms with Crippen molar-refractivity contribution in [1.82, 2.24) is 0 Å². The van der Waals surface area contributed by atoms with Crippen molar-refractivity contribution in [2.45, 2.75) is 0 Å². The van der Waals surface area contributed by atoms with Crippen molar-refractivity contribution in [3.8, 4) is 0 Å². The van der Waals surface area contributed by atoms with E-state index < -0.39 is 41.6 Å². The molecule has 0 aliphatic carbocycles. The summed E-state index contributed by atoms with van der Waals surface area (Å²) in [5.74, 6) is 0. The Morgan fingerprint density at radius 3 is 0.318 bits per heavy atom. The number of hydrogen-bond donors (Lipinski definition) is 0. The monoisotopic (exact) mass is 564 g/mol. The summed E-state index contributed by atoms with van der Waals surface area (Å²) in [6, 6.07) is 0. The van der Waals surface area contributed by atoms with Crippen LogP contribution in [0.15, 0.2) is 0 Å². The van der Waals surface area contributed by atoms with Gasteiger partial charge in [-0.3, -0.25) is 33.7 Å². The molecule has 22 heavy (non-hydrogen) atoms. The van der Waals surface area contributed by atoms with E-state index in [1.54, 1.807) is 0 Å². The molecule has 0 saturated carbocycles. The summed E-state index contributed by atoms with van der Waals surface area (Å²) in [5.41, 5.74) is 0. The van der Waals surface area contributed by atoms with Gasteiger partial charge in [0.15, 0.2) is 0 Å². The Hall–Kier alpha value is 1.25. The summed E-state index contributed by atoms with van der Waals surface area (Å²) < 4.78 is 136. The predicted molar refractivity (Wildman–Crippen MR) is 41.9 cm³/mol. The maximum atomic E-state index is 8.52. The Bertz CT molecular complexity index is 477. The third-order valence-corrected chi connectivity index (χ3v) is 0.